The van der Waals surface area contributed by atoms with Crippen molar-refractivity contribution in [3.05, 3.63) is 65.7 Å². The molecule has 1 aliphatic rings. The molecule has 0 aromatic heterocycles. The Kier molecular flexibility index (Phi) is 6.76. The molecule has 1 saturated heterocycles. The minimum atomic E-state index is 1.08. The second-order valence-corrected chi connectivity index (χ2v) is 7.81. The fourth-order valence-electron chi connectivity index (χ4n) is 3.30. The van der Waals surface area contributed by atoms with Crippen molar-refractivity contribution in [3.8, 4) is 0 Å². The summed E-state index contributed by atoms with van der Waals surface area (Å²) in [4.78, 5) is 6.58. The normalized spacial score (nSPS) is 16.9. The molecule has 0 aliphatic carbocycles. The standard InChI is InChI=1S/C21H28N2S/c1-2-24-21-11-9-20(10-12-21)18-23-14-6-13-22(15-16-23)17-19-7-4-3-5-8-19/h3-5,7-12H,2,6,13-18H2,1H3. The van der Waals surface area contributed by atoms with Gasteiger partial charge in [0.25, 0.3) is 0 Å². The third kappa shape index (κ3) is 5.37. The van der Waals surface area contributed by atoms with Crippen LogP contribution in [-0.4, -0.2) is 41.7 Å². The molecule has 24 heavy (non-hydrogen) atoms. The summed E-state index contributed by atoms with van der Waals surface area (Å²) in [5.74, 6) is 1.14. The Morgan fingerprint density at radius 3 is 1.92 bits per heavy atom. The van der Waals surface area contributed by atoms with Crippen molar-refractivity contribution in [2.24, 2.45) is 0 Å². The lowest BCUT2D eigenvalue weighted by molar-refractivity contribution is 0.247. The van der Waals surface area contributed by atoms with Crippen molar-refractivity contribution in [2.45, 2.75) is 31.3 Å². The highest BCUT2D eigenvalue weighted by Crippen LogP contribution is 2.19. The first kappa shape index (κ1) is 17.5. The third-order valence-corrected chi connectivity index (χ3v) is 5.46. The average molecular weight is 341 g/mol. The first-order chi connectivity index (χ1) is 11.8. The van der Waals surface area contributed by atoms with Gasteiger partial charge in [-0.15, -0.1) is 11.8 Å². The molecule has 1 heterocycles. The van der Waals surface area contributed by atoms with Crippen LogP contribution in [0.3, 0.4) is 0 Å². The van der Waals surface area contributed by atoms with Gasteiger partial charge in [-0.25, -0.2) is 0 Å². The fraction of sp³-hybridized carbons (Fsp3) is 0.429. The highest BCUT2D eigenvalue weighted by molar-refractivity contribution is 7.99. The smallest absolute Gasteiger partial charge is 0.0234 e. The van der Waals surface area contributed by atoms with E-state index in [4.69, 9.17) is 0 Å². The Bertz CT molecular complexity index is 597. The van der Waals surface area contributed by atoms with Gasteiger partial charge in [0.15, 0.2) is 0 Å². The number of hydrogen-bond acceptors (Lipinski definition) is 3. The van der Waals surface area contributed by atoms with E-state index < -0.39 is 0 Å². The summed E-state index contributed by atoms with van der Waals surface area (Å²) in [7, 11) is 0. The number of rotatable bonds is 6. The minimum absolute atomic E-state index is 1.08. The highest BCUT2D eigenvalue weighted by Gasteiger charge is 2.15. The molecule has 0 unspecified atom stereocenters. The Morgan fingerprint density at radius 2 is 1.33 bits per heavy atom. The average Bonchev–Trinajstić information content (AvgIpc) is 2.83. The number of thioether (sulfide) groups is 1. The van der Waals surface area contributed by atoms with Crippen LogP contribution in [-0.2, 0) is 13.1 Å². The molecule has 2 aromatic carbocycles. The molecule has 0 radical (unpaired) electrons. The van der Waals surface area contributed by atoms with Crippen molar-refractivity contribution < 1.29 is 0 Å². The maximum atomic E-state index is 2.60. The van der Waals surface area contributed by atoms with E-state index in [0.717, 1.165) is 25.4 Å². The van der Waals surface area contributed by atoms with Gasteiger partial charge in [-0.05, 0) is 48.5 Å². The van der Waals surface area contributed by atoms with E-state index in [1.165, 1.54) is 42.1 Å². The van der Waals surface area contributed by atoms with E-state index in [9.17, 15) is 0 Å². The van der Waals surface area contributed by atoms with Gasteiger partial charge in [-0.2, -0.15) is 0 Å². The zero-order valence-electron chi connectivity index (χ0n) is 14.7. The van der Waals surface area contributed by atoms with Crippen LogP contribution in [0.2, 0.25) is 0 Å². The van der Waals surface area contributed by atoms with Crippen molar-refractivity contribution in [1.29, 1.82) is 0 Å². The van der Waals surface area contributed by atoms with E-state index in [1.54, 1.807) is 0 Å². The molecule has 0 bridgehead atoms. The quantitative estimate of drug-likeness (QED) is 0.715. The SMILES string of the molecule is CCSc1ccc(CN2CCCN(Cc3ccccc3)CC2)cc1. The lowest BCUT2D eigenvalue weighted by Gasteiger charge is -2.22. The second-order valence-electron chi connectivity index (χ2n) is 6.47. The maximum absolute atomic E-state index is 2.60. The predicted molar refractivity (Wildman–Crippen MR) is 104 cm³/mol. The Labute approximate surface area is 150 Å². The lowest BCUT2D eigenvalue weighted by atomic mass is 10.2. The van der Waals surface area contributed by atoms with Gasteiger partial charge < -0.3 is 0 Å². The summed E-state index contributed by atoms with van der Waals surface area (Å²) in [6, 6.07) is 20.0. The van der Waals surface area contributed by atoms with Gasteiger partial charge in [0, 0.05) is 31.1 Å². The first-order valence-electron chi connectivity index (χ1n) is 9.04. The van der Waals surface area contributed by atoms with Crippen LogP contribution in [0.1, 0.15) is 24.5 Å². The largest absolute Gasteiger partial charge is 0.298 e. The van der Waals surface area contributed by atoms with Crippen molar-refractivity contribution >= 4 is 11.8 Å². The molecule has 0 saturated carbocycles. The molecular formula is C21H28N2S. The molecule has 1 fully saturated rings. The van der Waals surface area contributed by atoms with E-state index in [2.05, 4.69) is 71.3 Å². The predicted octanol–water partition coefficient (Wildman–Crippen LogP) is 4.51. The third-order valence-electron chi connectivity index (χ3n) is 4.57. The second kappa shape index (κ2) is 9.26. The fourth-order valence-corrected chi connectivity index (χ4v) is 3.96. The van der Waals surface area contributed by atoms with Crippen LogP contribution in [0.25, 0.3) is 0 Å². The summed E-state index contributed by atoms with van der Waals surface area (Å²) < 4.78 is 0. The zero-order valence-corrected chi connectivity index (χ0v) is 15.5. The first-order valence-corrected chi connectivity index (χ1v) is 10.0. The summed E-state index contributed by atoms with van der Waals surface area (Å²) in [5.41, 5.74) is 2.86. The molecule has 0 N–H and O–H groups in total. The van der Waals surface area contributed by atoms with E-state index in [0.29, 0.717) is 0 Å². The van der Waals surface area contributed by atoms with Crippen molar-refractivity contribution in [1.82, 2.24) is 9.80 Å². The van der Waals surface area contributed by atoms with E-state index in [-0.39, 0.29) is 0 Å². The van der Waals surface area contributed by atoms with Gasteiger partial charge >= 0.3 is 0 Å². The molecule has 0 amide bonds. The van der Waals surface area contributed by atoms with Gasteiger partial charge in [-0.1, -0.05) is 49.4 Å². The Morgan fingerprint density at radius 1 is 0.750 bits per heavy atom. The molecule has 128 valence electrons. The van der Waals surface area contributed by atoms with E-state index >= 15 is 0 Å². The molecule has 2 aromatic rings. The van der Waals surface area contributed by atoms with Crippen LogP contribution in [0.4, 0.5) is 0 Å². The summed E-state index contributed by atoms with van der Waals surface area (Å²) in [5, 5.41) is 0. The van der Waals surface area contributed by atoms with Gasteiger partial charge in [0.2, 0.25) is 0 Å². The summed E-state index contributed by atoms with van der Waals surface area (Å²) in [6.07, 6.45) is 1.26. The topological polar surface area (TPSA) is 6.48 Å². The molecule has 1 aliphatic heterocycles. The molecule has 3 rings (SSSR count). The summed E-state index contributed by atoms with van der Waals surface area (Å²) >= 11 is 1.91. The lowest BCUT2D eigenvalue weighted by Crippen LogP contribution is -2.30. The molecular weight excluding hydrogens is 312 g/mol. The summed E-state index contributed by atoms with van der Waals surface area (Å²) in [6.45, 7) is 9.11. The zero-order chi connectivity index (χ0) is 16.6. The van der Waals surface area contributed by atoms with Gasteiger partial charge in [-0.3, -0.25) is 9.80 Å². The van der Waals surface area contributed by atoms with Crippen LogP contribution in [0, 0.1) is 0 Å². The van der Waals surface area contributed by atoms with Crippen molar-refractivity contribution in [2.75, 3.05) is 31.9 Å². The highest BCUT2D eigenvalue weighted by atomic mass is 32.2. The maximum Gasteiger partial charge on any atom is 0.0234 e. The monoisotopic (exact) mass is 340 g/mol. The van der Waals surface area contributed by atoms with E-state index in [1.807, 2.05) is 11.8 Å². The molecule has 0 atom stereocenters. The van der Waals surface area contributed by atoms with Crippen LogP contribution < -0.4 is 0 Å². The van der Waals surface area contributed by atoms with Crippen LogP contribution in [0.5, 0.6) is 0 Å². The Balaban J connectivity index is 1.50. The number of nitrogens with zero attached hydrogens (tertiary/aromatic N) is 2. The molecule has 0 spiro atoms. The van der Waals surface area contributed by atoms with Crippen LogP contribution in [0.15, 0.2) is 59.5 Å². The van der Waals surface area contributed by atoms with Gasteiger partial charge in [0.05, 0.1) is 0 Å². The molecule has 2 nitrogen and oxygen atoms in total. The number of hydrogen-bond donors (Lipinski definition) is 0. The van der Waals surface area contributed by atoms with Gasteiger partial charge in [0.1, 0.15) is 0 Å². The Hall–Kier alpha value is -1.29. The number of benzene rings is 2. The molecule has 3 heteroatoms. The van der Waals surface area contributed by atoms with Crippen LogP contribution >= 0.6 is 11.8 Å². The van der Waals surface area contributed by atoms with Crippen molar-refractivity contribution in [3.63, 3.8) is 0 Å². The minimum Gasteiger partial charge on any atom is -0.298 e.